The molecule has 1 atom stereocenters. The minimum atomic E-state index is -4.53. The van der Waals surface area contributed by atoms with Crippen molar-refractivity contribution in [3.63, 3.8) is 0 Å². The fourth-order valence-electron chi connectivity index (χ4n) is 2.64. The van der Waals surface area contributed by atoms with Gasteiger partial charge in [0.1, 0.15) is 0 Å². The zero-order chi connectivity index (χ0) is 20.9. The summed E-state index contributed by atoms with van der Waals surface area (Å²) in [4.78, 5) is 33.0. The minimum Gasteiger partial charge on any atom is -0.465 e. The van der Waals surface area contributed by atoms with Crippen LogP contribution in [0.1, 0.15) is 18.4 Å². The molecule has 1 fully saturated rings. The Hall–Kier alpha value is -2.73. The number of amides is 2. The summed E-state index contributed by atoms with van der Waals surface area (Å²) < 4.78 is 63.1. The molecule has 0 saturated carbocycles. The summed E-state index contributed by atoms with van der Waals surface area (Å²) >= 11 is 0. The number of nitrogens with zero attached hydrogens (tertiary/aromatic N) is 4. The molecule has 2 heterocycles. The number of hydrogen-bond donors (Lipinski definition) is 2. The highest BCUT2D eigenvalue weighted by molar-refractivity contribution is 5.76. The maximum Gasteiger partial charge on any atom is 0.419 e. The molecular formula is C15H18F5N5O3. The van der Waals surface area contributed by atoms with Crippen LogP contribution in [0.4, 0.5) is 32.7 Å². The number of hydrogen-bond acceptors (Lipinski definition) is 5. The van der Waals surface area contributed by atoms with Crippen molar-refractivity contribution < 1.29 is 36.6 Å². The van der Waals surface area contributed by atoms with E-state index < -0.39 is 36.2 Å². The Morgan fingerprint density at radius 3 is 2.18 bits per heavy atom. The first-order valence-electron chi connectivity index (χ1n) is 8.27. The summed E-state index contributed by atoms with van der Waals surface area (Å²) in [6, 6.07) is -1.64. The van der Waals surface area contributed by atoms with E-state index >= 15 is 0 Å². The molecule has 8 nitrogen and oxygen atoms in total. The maximum absolute atomic E-state index is 12.8. The second-order valence-corrected chi connectivity index (χ2v) is 6.07. The standard InChI is InChI=1S/C15H18F5N5O3/c16-12(17)10(23-14(27)28)1-2-11(26)24-3-5-25(6-4-24)13-21-7-9(8-22-13)15(18,19)20/h7-8,10,12,23H,1-6H2,(H,27,28). The van der Waals surface area contributed by atoms with Crippen LogP contribution in [0.5, 0.6) is 0 Å². The van der Waals surface area contributed by atoms with E-state index in [1.54, 1.807) is 10.2 Å². The first kappa shape index (κ1) is 21.6. The molecule has 0 radical (unpaired) electrons. The summed E-state index contributed by atoms with van der Waals surface area (Å²) in [5.41, 5.74) is -0.964. The Bertz CT molecular complexity index is 678. The van der Waals surface area contributed by atoms with Gasteiger partial charge in [-0.05, 0) is 6.42 Å². The zero-order valence-electron chi connectivity index (χ0n) is 14.5. The van der Waals surface area contributed by atoms with Crippen LogP contribution in [-0.4, -0.2) is 70.6 Å². The number of nitrogens with one attached hydrogen (secondary N) is 1. The van der Waals surface area contributed by atoms with Gasteiger partial charge in [0.25, 0.3) is 6.43 Å². The average Bonchev–Trinajstić information content (AvgIpc) is 2.64. The van der Waals surface area contributed by atoms with Crippen LogP contribution < -0.4 is 10.2 Å². The largest absolute Gasteiger partial charge is 0.465 e. The number of halogens is 5. The van der Waals surface area contributed by atoms with Crippen LogP contribution in [0.25, 0.3) is 0 Å². The molecule has 0 spiro atoms. The van der Waals surface area contributed by atoms with Gasteiger partial charge >= 0.3 is 12.3 Å². The van der Waals surface area contributed by atoms with Crippen LogP contribution in [0.3, 0.4) is 0 Å². The molecule has 0 bridgehead atoms. The predicted molar refractivity (Wildman–Crippen MR) is 86.0 cm³/mol. The average molecular weight is 411 g/mol. The highest BCUT2D eigenvalue weighted by atomic mass is 19.4. The highest BCUT2D eigenvalue weighted by Crippen LogP contribution is 2.28. The number of anilines is 1. The van der Waals surface area contributed by atoms with E-state index in [1.807, 2.05) is 0 Å². The molecule has 28 heavy (non-hydrogen) atoms. The van der Waals surface area contributed by atoms with Gasteiger partial charge in [0.05, 0.1) is 11.6 Å². The summed E-state index contributed by atoms with van der Waals surface area (Å²) in [6.45, 7) is 0.968. The van der Waals surface area contributed by atoms with Crippen molar-refractivity contribution in [1.29, 1.82) is 0 Å². The van der Waals surface area contributed by atoms with Crippen molar-refractivity contribution in [2.75, 3.05) is 31.1 Å². The van der Waals surface area contributed by atoms with Gasteiger partial charge < -0.3 is 20.2 Å². The topological polar surface area (TPSA) is 98.7 Å². The molecule has 0 aromatic carbocycles. The number of piperazine rings is 1. The normalized spacial score (nSPS) is 16.2. The van der Waals surface area contributed by atoms with Crippen LogP contribution in [-0.2, 0) is 11.0 Å². The van der Waals surface area contributed by atoms with Gasteiger partial charge in [-0.25, -0.2) is 23.5 Å². The lowest BCUT2D eigenvalue weighted by molar-refractivity contribution is -0.138. The SMILES string of the molecule is O=C(O)NC(CCC(=O)N1CCN(c2ncc(C(F)(F)F)cn2)CC1)C(F)F. The van der Waals surface area contributed by atoms with Gasteiger partial charge in [-0.1, -0.05) is 0 Å². The summed E-state index contributed by atoms with van der Waals surface area (Å²) in [7, 11) is 0. The first-order valence-corrected chi connectivity index (χ1v) is 8.27. The predicted octanol–water partition coefficient (Wildman–Crippen LogP) is 1.83. The third kappa shape index (κ3) is 5.89. The fourth-order valence-corrected chi connectivity index (χ4v) is 2.64. The molecule has 156 valence electrons. The van der Waals surface area contributed by atoms with E-state index in [2.05, 4.69) is 9.97 Å². The Labute approximate surface area is 156 Å². The monoisotopic (exact) mass is 411 g/mol. The Morgan fingerprint density at radius 1 is 1.14 bits per heavy atom. The number of carbonyl (C=O) groups is 2. The third-order valence-corrected chi connectivity index (χ3v) is 4.16. The van der Waals surface area contributed by atoms with Gasteiger partial charge in [-0.3, -0.25) is 4.79 Å². The van der Waals surface area contributed by atoms with Crippen molar-refractivity contribution in [2.24, 2.45) is 0 Å². The number of rotatable bonds is 6. The number of aromatic nitrogens is 2. The molecule has 2 rings (SSSR count). The van der Waals surface area contributed by atoms with E-state index in [0.717, 1.165) is 0 Å². The van der Waals surface area contributed by atoms with Crippen molar-refractivity contribution >= 4 is 17.9 Å². The van der Waals surface area contributed by atoms with Crippen molar-refractivity contribution in [3.05, 3.63) is 18.0 Å². The molecule has 1 aliphatic heterocycles. The van der Waals surface area contributed by atoms with Gasteiger partial charge in [0.15, 0.2) is 0 Å². The lowest BCUT2D eigenvalue weighted by Gasteiger charge is -2.35. The van der Waals surface area contributed by atoms with E-state index in [4.69, 9.17) is 5.11 Å². The van der Waals surface area contributed by atoms with Crippen LogP contribution in [0.15, 0.2) is 12.4 Å². The molecule has 1 aliphatic rings. The van der Waals surface area contributed by atoms with Gasteiger partial charge in [-0.15, -0.1) is 0 Å². The first-order chi connectivity index (χ1) is 13.1. The Morgan fingerprint density at radius 2 is 1.71 bits per heavy atom. The van der Waals surface area contributed by atoms with Gasteiger partial charge in [0, 0.05) is 45.0 Å². The molecule has 2 amide bonds. The number of carbonyl (C=O) groups excluding carboxylic acids is 1. The van der Waals surface area contributed by atoms with Crippen LogP contribution in [0.2, 0.25) is 0 Å². The third-order valence-electron chi connectivity index (χ3n) is 4.16. The van der Waals surface area contributed by atoms with E-state index in [9.17, 15) is 31.5 Å². The van der Waals surface area contributed by atoms with Gasteiger partial charge in [-0.2, -0.15) is 13.2 Å². The van der Waals surface area contributed by atoms with Crippen LogP contribution >= 0.6 is 0 Å². The summed E-state index contributed by atoms with van der Waals surface area (Å²) in [6.07, 6.45) is -8.30. The molecule has 2 N–H and O–H groups in total. The highest BCUT2D eigenvalue weighted by Gasteiger charge is 2.32. The Balaban J connectivity index is 1.84. The van der Waals surface area contributed by atoms with E-state index in [0.29, 0.717) is 12.4 Å². The second-order valence-electron chi connectivity index (χ2n) is 6.07. The molecule has 1 aromatic rings. The lowest BCUT2D eigenvalue weighted by atomic mass is 10.1. The van der Waals surface area contributed by atoms with E-state index in [-0.39, 0.29) is 45.0 Å². The molecule has 0 aliphatic carbocycles. The zero-order valence-corrected chi connectivity index (χ0v) is 14.5. The number of alkyl halides is 5. The Kier molecular flexibility index (Phi) is 6.91. The molecular weight excluding hydrogens is 393 g/mol. The minimum absolute atomic E-state index is 0.100. The maximum atomic E-state index is 12.8. The smallest absolute Gasteiger partial charge is 0.419 e. The molecule has 13 heteroatoms. The summed E-state index contributed by atoms with van der Waals surface area (Å²) in [5.74, 6) is -0.311. The van der Waals surface area contributed by atoms with Crippen molar-refractivity contribution in [3.8, 4) is 0 Å². The van der Waals surface area contributed by atoms with E-state index in [1.165, 1.54) is 4.90 Å². The summed E-state index contributed by atoms with van der Waals surface area (Å²) in [5, 5.41) is 10.2. The quantitative estimate of drug-likeness (QED) is 0.693. The van der Waals surface area contributed by atoms with Gasteiger partial charge in [0.2, 0.25) is 11.9 Å². The van der Waals surface area contributed by atoms with Crippen LogP contribution in [0, 0.1) is 0 Å². The second kappa shape index (κ2) is 8.97. The molecule has 1 saturated heterocycles. The molecule has 1 aromatic heterocycles. The van der Waals surface area contributed by atoms with Crippen molar-refractivity contribution in [2.45, 2.75) is 31.5 Å². The fraction of sp³-hybridized carbons (Fsp3) is 0.600. The lowest BCUT2D eigenvalue weighted by Crippen LogP contribution is -2.49. The molecule has 1 unspecified atom stereocenters. The van der Waals surface area contributed by atoms with Crippen molar-refractivity contribution in [1.82, 2.24) is 20.2 Å². The number of carboxylic acid groups (broad SMARTS) is 1.